The van der Waals surface area contributed by atoms with Gasteiger partial charge >= 0.3 is 0 Å². The number of rotatable bonds is 8. The first-order valence-corrected chi connectivity index (χ1v) is 16.2. The standard InChI is InChI=1S/C34H32ClN5O3S/c1-38-18-20-39(21-19-38)32-15-14-31(29-23-36-17-16-28(29)32)37-34(41)26-10-7-11-27(22-26)44(42,43)40(24-25-8-3-2-4-9-25)33-13-6-5-12-30(33)35/h2-17,22-23H,18-21,24H2,1H3,(H,37,41). The maximum Gasteiger partial charge on any atom is 0.264 e. The molecule has 1 aliphatic rings. The molecular weight excluding hydrogens is 594 g/mol. The summed E-state index contributed by atoms with van der Waals surface area (Å²) in [6.45, 7) is 3.85. The monoisotopic (exact) mass is 625 g/mol. The Balaban J connectivity index is 1.30. The van der Waals surface area contributed by atoms with E-state index in [1.165, 1.54) is 16.4 Å². The Kier molecular flexibility index (Phi) is 8.52. The van der Waals surface area contributed by atoms with Gasteiger partial charge < -0.3 is 15.1 Å². The quantitative estimate of drug-likeness (QED) is 0.218. The molecule has 4 aromatic carbocycles. The van der Waals surface area contributed by atoms with Crippen LogP contribution in [0.5, 0.6) is 0 Å². The number of likely N-dealkylation sites (N-methyl/N-ethyl adjacent to an activating group) is 1. The molecular formula is C34H32ClN5O3S. The molecule has 2 heterocycles. The first-order valence-electron chi connectivity index (χ1n) is 14.3. The second-order valence-electron chi connectivity index (χ2n) is 10.8. The molecule has 0 radical (unpaired) electrons. The number of carbonyl (C=O) groups is 1. The van der Waals surface area contributed by atoms with Gasteiger partial charge in [0.15, 0.2) is 0 Å². The molecule has 0 atom stereocenters. The van der Waals surface area contributed by atoms with Crippen LogP contribution in [0.2, 0.25) is 5.02 Å². The number of carbonyl (C=O) groups excluding carboxylic acids is 1. The average molecular weight is 626 g/mol. The summed E-state index contributed by atoms with van der Waals surface area (Å²) in [5.74, 6) is -0.424. The number of nitrogens with one attached hydrogen (secondary N) is 1. The molecule has 224 valence electrons. The van der Waals surface area contributed by atoms with Gasteiger partial charge in [-0.3, -0.25) is 14.1 Å². The fraction of sp³-hybridized carbons (Fsp3) is 0.176. The Morgan fingerprint density at radius 3 is 2.41 bits per heavy atom. The third-order valence-electron chi connectivity index (χ3n) is 7.86. The maximum atomic E-state index is 14.1. The lowest BCUT2D eigenvalue weighted by Gasteiger charge is -2.34. The molecule has 0 aliphatic carbocycles. The molecule has 0 saturated carbocycles. The summed E-state index contributed by atoms with van der Waals surface area (Å²) >= 11 is 6.49. The third kappa shape index (κ3) is 6.12. The number of hydrogen-bond acceptors (Lipinski definition) is 6. The predicted octanol–water partition coefficient (Wildman–Crippen LogP) is 6.29. The van der Waals surface area contributed by atoms with Gasteiger partial charge in [0.2, 0.25) is 0 Å². The van der Waals surface area contributed by atoms with E-state index in [1.54, 1.807) is 48.8 Å². The maximum absolute atomic E-state index is 14.1. The molecule has 0 spiro atoms. The minimum absolute atomic E-state index is 0.0158. The molecule has 1 amide bonds. The van der Waals surface area contributed by atoms with Crippen LogP contribution in [0.3, 0.4) is 0 Å². The highest BCUT2D eigenvalue weighted by Gasteiger charge is 2.28. The van der Waals surface area contributed by atoms with Crippen LogP contribution in [0.1, 0.15) is 15.9 Å². The van der Waals surface area contributed by atoms with Crippen LogP contribution in [0.4, 0.5) is 17.1 Å². The van der Waals surface area contributed by atoms with Crippen molar-refractivity contribution in [3.8, 4) is 0 Å². The van der Waals surface area contributed by atoms with Crippen molar-refractivity contribution in [2.24, 2.45) is 0 Å². The number of benzene rings is 4. The van der Waals surface area contributed by atoms with E-state index in [0.29, 0.717) is 16.4 Å². The van der Waals surface area contributed by atoms with Crippen LogP contribution in [0.15, 0.2) is 114 Å². The number of pyridine rings is 1. The molecule has 44 heavy (non-hydrogen) atoms. The van der Waals surface area contributed by atoms with Gasteiger partial charge in [0.1, 0.15) is 0 Å². The summed E-state index contributed by atoms with van der Waals surface area (Å²) in [4.78, 5) is 22.5. The van der Waals surface area contributed by atoms with Crippen LogP contribution in [0, 0.1) is 0 Å². The number of piperazine rings is 1. The number of sulfonamides is 1. The van der Waals surface area contributed by atoms with Crippen LogP contribution in [-0.2, 0) is 16.6 Å². The molecule has 1 fully saturated rings. The topological polar surface area (TPSA) is 85.8 Å². The lowest BCUT2D eigenvalue weighted by atomic mass is 10.1. The van der Waals surface area contributed by atoms with E-state index in [1.807, 2.05) is 48.5 Å². The lowest BCUT2D eigenvalue weighted by Crippen LogP contribution is -2.44. The zero-order valence-corrected chi connectivity index (χ0v) is 25.8. The van der Waals surface area contributed by atoms with Crippen molar-refractivity contribution in [3.63, 3.8) is 0 Å². The first kappa shape index (κ1) is 29.6. The minimum atomic E-state index is -4.11. The van der Waals surface area contributed by atoms with Gasteiger partial charge in [-0.1, -0.05) is 60.1 Å². The normalized spacial score (nSPS) is 14.0. The van der Waals surface area contributed by atoms with Crippen molar-refractivity contribution in [1.29, 1.82) is 0 Å². The highest BCUT2D eigenvalue weighted by atomic mass is 35.5. The van der Waals surface area contributed by atoms with E-state index >= 15 is 0 Å². The Bertz CT molecular complexity index is 1910. The highest BCUT2D eigenvalue weighted by molar-refractivity contribution is 7.92. The fourth-order valence-electron chi connectivity index (χ4n) is 5.43. The molecule has 6 rings (SSSR count). The summed E-state index contributed by atoms with van der Waals surface area (Å²) < 4.78 is 29.5. The Hall–Kier alpha value is -4.44. The molecule has 1 N–H and O–H groups in total. The predicted molar refractivity (Wildman–Crippen MR) is 177 cm³/mol. The van der Waals surface area contributed by atoms with E-state index < -0.39 is 15.9 Å². The summed E-state index contributed by atoms with van der Waals surface area (Å²) in [6, 6.07) is 28.1. The Labute approximate surface area is 262 Å². The highest BCUT2D eigenvalue weighted by Crippen LogP contribution is 2.34. The summed E-state index contributed by atoms with van der Waals surface area (Å²) in [5.41, 5.74) is 3.06. The van der Waals surface area contributed by atoms with Gasteiger partial charge in [-0.2, -0.15) is 0 Å². The van der Waals surface area contributed by atoms with E-state index in [-0.39, 0.29) is 17.0 Å². The summed E-state index contributed by atoms with van der Waals surface area (Å²) in [6.07, 6.45) is 3.50. The molecule has 0 bridgehead atoms. The number of aromatic nitrogens is 1. The number of para-hydroxylation sites is 1. The van der Waals surface area contributed by atoms with Crippen LogP contribution in [0.25, 0.3) is 10.8 Å². The number of halogens is 1. The number of amides is 1. The van der Waals surface area contributed by atoms with E-state index in [0.717, 1.165) is 48.2 Å². The SMILES string of the molecule is CN1CCN(c2ccc(NC(=O)c3cccc(S(=O)(=O)N(Cc4ccccc4)c4ccccc4Cl)c3)c3cnccc23)CC1. The van der Waals surface area contributed by atoms with Crippen molar-refractivity contribution in [2.75, 3.05) is 47.7 Å². The molecule has 8 nitrogen and oxygen atoms in total. The molecule has 10 heteroatoms. The van der Waals surface area contributed by atoms with Crippen molar-refractivity contribution in [1.82, 2.24) is 9.88 Å². The molecule has 1 saturated heterocycles. The Morgan fingerprint density at radius 1 is 0.886 bits per heavy atom. The van der Waals surface area contributed by atoms with Gasteiger partial charge in [-0.15, -0.1) is 0 Å². The van der Waals surface area contributed by atoms with E-state index in [4.69, 9.17) is 11.6 Å². The zero-order chi connectivity index (χ0) is 30.7. The summed E-state index contributed by atoms with van der Waals surface area (Å²) in [7, 11) is -1.99. The molecule has 1 aliphatic heterocycles. The van der Waals surface area contributed by atoms with E-state index in [2.05, 4.69) is 27.1 Å². The van der Waals surface area contributed by atoms with Crippen molar-refractivity contribution >= 4 is 55.4 Å². The van der Waals surface area contributed by atoms with Crippen molar-refractivity contribution in [2.45, 2.75) is 11.4 Å². The number of anilines is 3. The second kappa shape index (κ2) is 12.7. The number of nitrogens with zero attached hydrogens (tertiary/aromatic N) is 4. The largest absolute Gasteiger partial charge is 0.368 e. The molecule has 5 aromatic rings. The van der Waals surface area contributed by atoms with Gasteiger partial charge in [-0.05, 0) is 61.1 Å². The number of fused-ring (bicyclic) bond motifs is 1. The van der Waals surface area contributed by atoms with Crippen LogP contribution in [-0.4, -0.2) is 57.4 Å². The average Bonchev–Trinajstić information content (AvgIpc) is 3.05. The fourth-order valence-corrected chi connectivity index (χ4v) is 7.23. The van der Waals surface area contributed by atoms with Crippen LogP contribution >= 0.6 is 11.6 Å². The van der Waals surface area contributed by atoms with Gasteiger partial charge in [0.25, 0.3) is 15.9 Å². The third-order valence-corrected chi connectivity index (χ3v) is 9.94. The minimum Gasteiger partial charge on any atom is -0.368 e. The molecule has 1 aromatic heterocycles. The smallest absolute Gasteiger partial charge is 0.264 e. The Morgan fingerprint density at radius 2 is 1.64 bits per heavy atom. The van der Waals surface area contributed by atoms with Crippen molar-refractivity contribution in [3.05, 3.63) is 126 Å². The zero-order valence-electron chi connectivity index (χ0n) is 24.2. The second-order valence-corrected chi connectivity index (χ2v) is 13.0. The van der Waals surface area contributed by atoms with Gasteiger partial charge in [0.05, 0.1) is 27.8 Å². The lowest BCUT2D eigenvalue weighted by molar-refractivity contribution is 0.102. The van der Waals surface area contributed by atoms with E-state index in [9.17, 15) is 13.2 Å². The molecule has 0 unspecified atom stereocenters. The van der Waals surface area contributed by atoms with Gasteiger partial charge in [-0.25, -0.2) is 8.42 Å². The number of hydrogen-bond donors (Lipinski definition) is 1. The van der Waals surface area contributed by atoms with Crippen LogP contribution < -0.4 is 14.5 Å². The summed E-state index contributed by atoms with van der Waals surface area (Å²) in [5, 5.41) is 5.11. The first-order chi connectivity index (χ1) is 21.3. The van der Waals surface area contributed by atoms with Crippen molar-refractivity contribution < 1.29 is 13.2 Å². The van der Waals surface area contributed by atoms with Gasteiger partial charge in [0, 0.05) is 60.6 Å².